The van der Waals surface area contributed by atoms with Crippen molar-refractivity contribution in [3.8, 4) is 10.6 Å². The number of hydrogen-bond acceptors (Lipinski definition) is 4. The summed E-state index contributed by atoms with van der Waals surface area (Å²) in [6.45, 7) is 5.78. The van der Waals surface area contributed by atoms with E-state index in [4.69, 9.17) is 0 Å². The van der Waals surface area contributed by atoms with Crippen LogP contribution in [0.1, 0.15) is 39.3 Å². The number of carbonyl (C=O) groups excluding carboxylic acids is 1. The maximum atomic E-state index is 13.1. The highest BCUT2D eigenvalue weighted by Gasteiger charge is 2.29. The highest BCUT2D eigenvalue weighted by Crippen LogP contribution is 2.29. The fourth-order valence-electron chi connectivity index (χ4n) is 2.78. The number of thiazole rings is 1. The van der Waals surface area contributed by atoms with E-state index in [1.165, 1.54) is 23.5 Å². The van der Waals surface area contributed by atoms with Gasteiger partial charge in [0.05, 0.1) is 17.2 Å². The van der Waals surface area contributed by atoms with Crippen LogP contribution in [0.15, 0.2) is 46.4 Å². The van der Waals surface area contributed by atoms with Crippen LogP contribution in [0.5, 0.6) is 0 Å². The van der Waals surface area contributed by atoms with Crippen molar-refractivity contribution in [3.63, 3.8) is 0 Å². The van der Waals surface area contributed by atoms with Gasteiger partial charge in [-0.3, -0.25) is 9.79 Å². The second kappa shape index (κ2) is 7.50. The first-order chi connectivity index (χ1) is 12.4. The molecule has 0 bridgehead atoms. The predicted molar refractivity (Wildman–Crippen MR) is 104 cm³/mol. The molecule has 2 heterocycles. The average Bonchev–Trinajstić information content (AvgIpc) is 3.13. The molecule has 6 heteroatoms. The lowest BCUT2D eigenvalue weighted by Crippen LogP contribution is -2.44. The molecule has 1 atom stereocenters. The molecular formula is C20H22FN3OS. The van der Waals surface area contributed by atoms with Gasteiger partial charge in [0, 0.05) is 23.4 Å². The number of nitrogens with one attached hydrogen (secondary N) is 1. The predicted octanol–water partition coefficient (Wildman–Crippen LogP) is 4.69. The minimum absolute atomic E-state index is 0.0327. The molecule has 0 spiro atoms. The van der Waals surface area contributed by atoms with Gasteiger partial charge in [-0.15, -0.1) is 11.3 Å². The Bertz CT molecular complexity index is 852. The Balaban J connectivity index is 1.73. The summed E-state index contributed by atoms with van der Waals surface area (Å²) in [7, 11) is 0. The molecule has 136 valence electrons. The van der Waals surface area contributed by atoms with E-state index >= 15 is 0 Å². The lowest BCUT2D eigenvalue weighted by Gasteiger charge is -2.27. The van der Waals surface area contributed by atoms with Crippen molar-refractivity contribution in [1.82, 2.24) is 10.3 Å². The van der Waals surface area contributed by atoms with Crippen molar-refractivity contribution in [2.24, 2.45) is 10.9 Å². The first-order valence-electron chi connectivity index (χ1n) is 8.61. The van der Waals surface area contributed by atoms with Crippen LogP contribution in [-0.2, 0) is 10.3 Å². The van der Waals surface area contributed by atoms with Gasteiger partial charge in [-0.05, 0) is 63.5 Å². The Labute approximate surface area is 156 Å². The summed E-state index contributed by atoms with van der Waals surface area (Å²) in [6.07, 6.45) is 5.39. The molecule has 0 saturated carbocycles. The van der Waals surface area contributed by atoms with Crippen molar-refractivity contribution < 1.29 is 9.18 Å². The summed E-state index contributed by atoms with van der Waals surface area (Å²) in [5.74, 6) is -0.523. The normalized spacial score (nSPS) is 15.5. The van der Waals surface area contributed by atoms with Crippen molar-refractivity contribution in [2.45, 2.75) is 39.2 Å². The Kier molecular flexibility index (Phi) is 5.32. The summed E-state index contributed by atoms with van der Waals surface area (Å²) in [5.41, 5.74) is 2.10. The van der Waals surface area contributed by atoms with Crippen LogP contribution < -0.4 is 5.32 Å². The third-order valence-electron chi connectivity index (χ3n) is 4.53. The van der Waals surface area contributed by atoms with Crippen LogP contribution in [0, 0.1) is 11.7 Å². The van der Waals surface area contributed by atoms with Gasteiger partial charge in [-0.25, -0.2) is 9.37 Å². The number of nitrogens with zero attached hydrogens (tertiary/aromatic N) is 2. The van der Waals surface area contributed by atoms with Crippen molar-refractivity contribution in [2.75, 3.05) is 0 Å². The largest absolute Gasteiger partial charge is 0.345 e. The highest BCUT2D eigenvalue weighted by molar-refractivity contribution is 7.13. The van der Waals surface area contributed by atoms with Crippen LogP contribution in [0.4, 0.5) is 4.39 Å². The van der Waals surface area contributed by atoms with Gasteiger partial charge in [0.2, 0.25) is 5.91 Å². The molecular weight excluding hydrogens is 349 g/mol. The average molecular weight is 371 g/mol. The quantitative estimate of drug-likeness (QED) is 0.829. The van der Waals surface area contributed by atoms with Gasteiger partial charge < -0.3 is 5.32 Å². The molecule has 0 radical (unpaired) electrons. The van der Waals surface area contributed by atoms with Gasteiger partial charge in [0.15, 0.2) is 0 Å². The number of aliphatic imine (C=N–C) groups is 1. The molecule has 1 aromatic carbocycles. The van der Waals surface area contributed by atoms with E-state index < -0.39 is 5.54 Å². The Hall–Kier alpha value is -2.34. The molecule has 1 N–H and O–H groups in total. The Morgan fingerprint density at radius 2 is 2.04 bits per heavy atom. The summed E-state index contributed by atoms with van der Waals surface area (Å²) in [4.78, 5) is 21.5. The second-order valence-electron chi connectivity index (χ2n) is 6.96. The first kappa shape index (κ1) is 18.5. The van der Waals surface area contributed by atoms with E-state index in [9.17, 15) is 9.18 Å². The van der Waals surface area contributed by atoms with Gasteiger partial charge in [-0.1, -0.05) is 0 Å². The number of halogens is 1. The van der Waals surface area contributed by atoms with E-state index in [1.807, 2.05) is 32.4 Å². The van der Waals surface area contributed by atoms with E-state index in [1.54, 1.807) is 18.3 Å². The molecule has 0 aliphatic carbocycles. The number of benzene rings is 1. The molecule has 4 nitrogen and oxygen atoms in total. The van der Waals surface area contributed by atoms with E-state index in [0.717, 1.165) is 34.7 Å². The number of aromatic nitrogens is 1. The zero-order valence-electron chi connectivity index (χ0n) is 15.1. The lowest BCUT2D eigenvalue weighted by molar-refractivity contribution is -0.125. The zero-order chi connectivity index (χ0) is 18.7. The van der Waals surface area contributed by atoms with E-state index in [0.29, 0.717) is 0 Å². The monoisotopic (exact) mass is 371 g/mol. The highest BCUT2D eigenvalue weighted by atomic mass is 32.1. The zero-order valence-corrected chi connectivity index (χ0v) is 15.9. The summed E-state index contributed by atoms with van der Waals surface area (Å²) >= 11 is 1.48. The van der Waals surface area contributed by atoms with Crippen LogP contribution in [-0.4, -0.2) is 17.1 Å². The smallest absolute Gasteiger partial charge is 0.227 e. The summed E-state index contributed by atoms with van der Waals surface area (Å²) in [5, 5.41) is 5.84. The minimum Gasteiger partial charge on any atom is -0.345 e. The Morgan fingerprint density at radius 1 is 1.31 bits per heavy atom. The standard InChI is InChI=1S/C20H22FN3OS/c1-13(15-5-4-10-22-11-15)18(25)24-20(2,3)17-12-26-19(23-17)14-6-8-16(21)9-7-14/h6-13H,4-5H2,1-3H3,(H,24,25). The molecule has 0 saturated heterocycles. The molecule has 26 heavy (non-hydrogen) atoms. The fourth-order valence-corrected chi connectivity index (χ4v) is 3.78. The number of hydrogen-bond donors (Lipinski definition) is 1. The van der Waals surface area contributed by atoms with Crippen LogP contribution in [0.25, 0.3) is 10.6 Å². The summed E-state index contributed by atoms with van der Waals surface area (Å²) in [6, 6.07) is 6.26. The summed E-state index contributed by atoms with van der Waals surface area (Å²) < 4.78 is 13.1. The third kappa shape index (κ3) is 4.07. The number of rotatable bonds is 5. The first-order valence-corrected chi connectivity index (χ1v) is 9.49. The van der Waals surface area contributed by atoms with Crippen LogP contribution >= 0.6 is 11.3 Å². The number of amides is 1. The molecule has 1 aliphatic rings. The minimum atomic E-state index is -0.599. The molecule has 1 aliphatic heterocycles. The molecule has 3 rings (SSSR count). The van der Waals surface area contributed by atoms with E-state index in [2.05, 4.69) is 15.3 Å². The molecule has 1 amide bonds. The van der Waals surface area contributed by atoms with Crippen molar-refractivity contribution in [3.05, 3.63) is 52.9 Å². The van der Waals surface area contributed by atoms with Crippen molar-refractivity contribution >= 4 is 23.5 Å². The topological polar surface area (TPSA) is 54.4 Å². The van der Waals surface area contributed by atoms with Crippen molar-refractivity contribution in [1.29, 1.82) is 0 Å². The maximum absolute atomic E-state index is 13.1. The van der Waals surface area contributed by atoms with Crippen LogP contribution in [0.3, 0.4) is 0 Å². The van der Waals surface area contributed by atoms with E-state index in [-0.39, 0.29) is 17.6 Å². The number of carbonyl (C=O) groups is 1. The maximum Gasteiger partial charge on any atom is 0.227 e. The van der Waals surface area contributed by atoms with Gasteiger partial charge in [0.1, 0.15) is 10.8 Å². The van der Waals surface area contributed by atoms with Gasteiger partial charge in [0.25, 0.3) is 0 Å². The van der Waals surface area contributed by atoms with Gasteiger partial charge >= 0.3 is 0 Å². The Morgan fingerprint density at radius 3 is 2.69 bits per heavy atom. The third-order valence-corrected chi connectivity index (χ3v) is 5.42. The second-order valence-corrected chi connectivity index (χ2v) is 7.81. The van der Waals surface area contributed by atoms with Gasteiger partial charge in [-0.2, -0.15) is 0 Å². The molecule has 0 fully saturated rings. The fraction of sp³-hybridized carbons (Fsp3) is 0.350. The molecule has 1 unspecified atom stereocenters. The molecule has 2 aromatic rings. The lowest BCUT2D eigenvalue weighted by atomic mass is 9.93. The SMILES string of the molecule is CC(C(=O)NC(C)(C)c1csc(-c2ccc(F)cc2)n1)C1=CN=CCC1. The van der Waals surface area contributed by atoms with Crippen LogP contribution in [0.2, 0.25) is 0 Å². The molecule has 1 aromatic heterocycles.